The predicted molar refractivity (Wildman–Crippen MR) is 74.7 cm³/mol. The molecule has 1 rings (SSSR count). The lowest BCUT2D eigenvalue weighted by molar-refractivity contribution is 0.0943. The van der Waals surface area contributed by atoms with Crippen LogP contribution in [0, 0.1) is 6.92 Å². The first-order chi connectivity index (χ1) is 7.91. The largest absolute Gasteiger partial charge is 0.349 e. The van der Waals surface area contributed by atoms with Crippen molar-refractivity contribution < 1.29 is 9.00 Å². The summed E-state index contributed by atoms with van der Waals surface area (Å²) in [6.45, 7) is 3.74. The first-order valence-electron chi connectivity index (χ1n) is 5.27. The third-order valence-electron chi connectivity index (χ3n) is 2.37. The van der Waals surface area contributed by atoms with Gasteiger partial charge in [0.25, 0.3) is 5.91 Å². The van der Waals surface area contributed by atoms with E-state index in [0.29, 0.717) is 11.3 Å². The summed E-state index contributed by atoms with van der Waals surface area (Å²) in [5.41, 5.74) is 1.56. The Bertz CT molecular complexity index is 448. The van der Waals surface area contributed by atoms with Gasteiger partial charge in [0.15, 0.2) is 0 Å². The molecule has 0 bridgehead atoms. The Labute approximate surface area is 113 Å². The Kier molecular flexibility index (Phi) is 5.33. The number of nitrogens with one attached hydrogen (secondary N) is 1. The van der Waals surface area contributed by atoms with E-state index in [1.807, 2.05) is 26.0 Å². The van der Waals surface area contributed by atoms with Crippen molar-refractivity contribution in [3.05, 3.63) is 33.8 Å². The van der Waals surface area contributed by atoms with Gasteiger partial charge in [-0.3, -0.25) is 9.00 Å². The molecule has 1 N–H and O–H groups in total. The molecule has 0 aromatic heterocycles. The Morgan fingerprint density at radius 3 is 2.76 bits per heavy atom. The topological polar surface area (TPSA) is 46.2 Å². The molecular weight excluding hydrogens is 302 g/mol. The molecule has 0 saturated carbocycles. The lowest BCUT2D eigenvalue weighted by Gasteiger charge is -2.14. The summed E-state index contributed by atoms with van der Waals surface area (Å²) in [6, 6.07) is 5.42. The van der Waals surface area contributed by atoms with Crippen molar-refractivity contribution >= 4 is 32.6 Å². The second-order valence-corrected chi connectivity index (χ2v) is 6.36. The van der Waals surface area contributed by atoms with Gasteiger partial charge in [-0.2, -0.15) is 0 Å². The average molecular weight is 318 g/mol. The zero-order valence-corrected chi connectivity index (χ0v) is 12.5. The summed E-state index contributed by atoms with van der Waals surface area (Å²) >= 11 is 3.39. The van der Waals surface area contributed by atoms with Crippen molar-refractivity contribution in [2.24, 2.45) is 0 Å². The molecule has 0 spiro atoms. The third-order valence-corrected chi connectivity index (χ3v) is 4.20. The smallest absolute Gasteiger partial charge is 0.251 e. The molecule has 0 aliphatic carbocycles. The highest BCUT2D eigenvalue weighted by molar-refractivity contribution is 9.10. The SMILES string of the molecule is Cc1c(Br)cccc1C(=O)NC(C)CS(C)=O. The van der Waals surface area contributed by atoms with Crippen LogP contribution in [0.15, 0.2) is 22.7 Å². The van der Waals surface area contributed by atoms with Crippen LogP contribution in [-0.2, 0) is 10.8 Å². The van der Waals surface area contributed by atoms with Crippen molar-refractivity contribution in [1.29, 1.82) is 0 Å². The molecule has 2 unspecified atom stereocenters. The number of amides is 1. The summed E-state index contributed by atoms with van der Waals surface area (Å²) in [4.78, 5) is 12.0. The quantitative estimate of drug-likeness (QED) is 0.925. The second kappa shape index (κ2) is 6.31. The predicted octanol–water partition coefficient (Wildman–Crippen LogP) is 2.25. The van der Waals surface area contributed by atoms with Gasteiger partial charge in [-0.05, 0) is 31.5 Å². The van der Waals surface area contributed by atoms with Crippen LogP contribution in [0.4, 0.5) is 0 Å². The molecule has 0 saturated heterocycles. The van der Waals surface area contributed by atoms with E-state index in [9.17, 15) is 9.00 Å². The molecule has 94 valence electrons. The maximum Gasteiger partial charge on any atom is 0.251 e. The van der Waals surface area contributed by atoms with Gasteiger partial charge in [0.1, 0.15) is 0 Å². The second-order valence-electron chi connectivity index (χ2n) is 4.03. The van der Waals surface area contributed by atoms with Crippen molar-refractivity contribution in [1.82, 2.24) is 5.32 Å². The molecule has 3 nitrogen and oxygen atoms in total. The van der Waals surface area contributed by atoms with E-state index in [-0.39, 0.29) is 11.9 Å². The number of carbonyl (C=O) groups is 1. The molecule has 0 fully saturated rings. The zero-order chi connectivity index (χ0) is 13.0. The van der Waals surface area contributed by atoms with Gasteiger partial charge in [0, 0.05) is 38.9 Å². The van der Waals surface area contributed by atoms with Gasteiger partial charge in [0.2, 0.25) is 0 Å². The zero-order valence-electron chi connectivity index (χ0n) is 10.1. The molecule has 2 atom stereocenters. The van der Waals surface area contributed by atoms with E-state index >= 15 is 0 Å². The van der Waals surface area contributed by atoms with Crippen LogP contribution in [0.2, 0.25) is 0 Å². The van der Waals surface area contributed by atoms with E-state index in [0.717, 1.165) is 10.0 Å². The Balaban J connectivity index is 2.77. The molecule has 1 amide bonds. The number of hydrogen-bond acceptors (Lipinski definition) is 2. The van der Waals surface area contributed by atoms with E-state index in [1.54, 1.807) is 12.3 Å². The minimum atomic E-state index is -0.902. The number of rotatable bonds is 4. The molecule has 1 aromatic rings. The number of benzene rings is 1. The summed E-state index contributed by atoms with van der Waals surface area (Å²) in [7, 11) is -0.902. The average Bonchev–Trinajstić information content (AvgIpc) is 2.20. The Hall–Kier alpha value is -0.680. The molecule has 0 aliphatic heterocycles. The molecule has 1 aromatic carbocycles. The van der Waals surface area contributed by atoms with Gasteiger partial charge in [-0.1, -0.05) is 22.0 Å². The molecule has 0 aliphatic rings. The minimum Gasteiger partial charge on any atom is -0.349 e. The van der Waals surface area contributed by atoms with Crippen LogP contribution in [-0.4, -0.2) is 28.2 Å². The van der Waals surface area contributed by atoms with Crippen molar-refractivity contribution in [3.63, 3.8) is 0 Å². The van der Waals surface area contributed by atoms with Crippen molar-refractivity contribution in [2.45, 2.75) is 19.9 Å². The molecule has 5 heteroatoms. The summed E-state index contributed by atoms with van der Waals surface area (Å²) in [6.07, 6.45) is 1.63. The fraction of sp³-hybridized carbons (Fsp3) is 0.417. The molecule has 0 radical (unpaired) electrons. The first-order valence-corrected chi connectivity index (χ1v) is 7.80. The van der Waals surface area contributed by atoms with Crippen molar-refractivity contribution in [2.75, 3.05) is 12.0 Å². The van der Waals surface area contributed by atoms with Gasteiger partial charge in [-0.15, -0.1) is 0 Å². The highest BCUT2D eigenvalue weighted by Crippen LogP contribution is 2.19. The van der Waals surface area contributed by atoms with E-state index in [2.05, 4.69) is 21.2 Å². The first kappa shape index (κ1) is 14.4. The molecular formula is C12H16BrNO2S. The molecule has 17 heavy (non-hydrogen) atoms. The number of halogens is 1. The van der Waals surface area contributed by atoms with Gasteiger partial charge in [0.05, 0.1) is 0 Å². The van der Waals surface area contributed by atoms with Crippen LogP contribution in [0.3, 0.4) is 0 Å². The lowest BCUT2D eigenvalue weighted by Crippen LogP contribution is -2.36. The monoisotopic (exact) mass is 317 g/mol. The maximum atomic E-state index is 12.0. The standard InChI is InChI=1S/C12H16BrNO2S/c1-8(7-17(3)16)14-12(15)10-5-4-6-11(13)9(10)2/h4-6,8H,7H2,1-3H3,(H,14,15). The van der Waals surface area contributed by atoms with Crippen LogP contribution in [0.25, 0.3) is 0 Å². The van der Waals surface area contributed by atoms with Gasteiger partial charge < -0.3 is 5.32 Å². The lowest BCUT2D eigenvalue weighted by atomic mass is 10.1. The van der Waals surface area contributed by atoms with E-state index < -0.39 is 10.8 Å². The normalized spacial score (nSPS) is 14.1. The van der Waals surface area contributed by atoms with E-state index in [1.165, 1.54) is 0 Å². The number of carbonyl (C=O) groups excluding carboxylic acids is 1. The fourth-order valence-electron chi connectivity index (χ4n) is 1.55. The van der Waals surface area contributed by atoms with Crippen LogP contribution in [0.5, 0.6) is 0 Å². The summed E-state index contributed by atoms with van der Waals surface area (Å²) in [5.74, 6) is 0.348. The number of hydrogen-bond donors (Lipinski definition) is 1. The summed E-state index contributed by atoms with van der Waals surface area (Å²) in [5, 5.41) is 2.84. The third kappa shape index (κ3) is 4.24. The van der Waals surface area contributed by atoms with Crippen LogP contribution < -0.4 is 5.32 Å². The maximum absolute atomic E-state index is 12.0. The Morgan fingerprint density at radius 2 is 2.18 bits per heavy atom. The van der Waals surface area contributed by atoms with Crippen LogP contribution >= 0.6 is 15.9 Å². The van der Waals surface area contributed by atoms with Gasteiger partial charge >= 0.3 is 0 Å². The van der Waals surface area contributed by atoms with E-state index in [4.69, 9.17) is 0 Å². The highest BCUT2D eigenvalue weighted by atomic mass is 79.9. The van der Waals surface area contributed by atoms with Crippen molar-refractivity contribution in [3.8, 4) is 0 Å². The summed E-state index contributed by atoms with van der Waals surface area (Å²) < 4.78 is 12.0. The fourth-order valence-corrected chi connectivity index (χ4v) is 2.70. The Morgan fingerprint density at radius 1 is 1.53 bits per heavy atom. The molecule has 0 heterocycles. The minimum absolute atomic E-state index is 0.0910. The highest BCUT2D eigenvalue weighted by Gasteiger charge is 2.13. The van der Waals surface area contributed by atoms with Crippen LogP contribution in [0.1, 0.15) is 22.8 Å². The van der Waals surface area contributed by atoms with Gasteiger partial charge in [-0.25, -0.2) is 0 Å².